The molecule has 172 valence electrons. The third kappa shape index (κ3) is 3.87. The minimum atomic E-state index is -0.404. The Kier molecular flexibility index (Phi) is 5.08. The molecular formula is C26H25N5O3. The first-order valence-corrected chi connectivity index (χ1v) is 11.0. The maximum Gasteiger partial charge on any atom is 0.297 e. The van der Waals surface area contributed by atoms with Gasteiger partial charge in [-0.2, -0.15) is 5.10 Å². The molecule has 0 unspecified atom stereocenters. The summed E-state index contributed by atoms with van der Waals surface area (Å²) in [5.74, 6) is 0.167. The van der Waals surface area contributed by atoms with Gasteiger partial charge < -0.3 is 9.73 Å². The summed E-state index contributed by atoms with van der Waals surface area (Å²) in [6, 6.07) is 17.1. The molecule has 34 heavy (non-hydrogen) atoms. The van der Waals surface area contributed by atoms with E-state index < -0.39 is 5.56 Å². The van der Waals surface area contributed by atoms with E-state index in [0.717, 1.165) is 22.3 Å². The second-order valence-electron chi connectivity index (χ2n) is 9.42. The number of carbonyl (C=O) groups is 1. The molecule has 0 fully saturated rings. The average molecular weight is 456 g/mol. The van der Waals surface area contributed by atoms with Crippen LogP contribution in [0.4, 0.5) is 5.82 Å². The number of hydrogen-bond donors (Lipinski definition) is 1. The molecule has 1 N–H and O–H groups in total. The van der Waals surface area contributed by atoms with Crippen molar-refractivity contribution >= 4 is 33.8 Å². The van der Waals surface area contributed by atoms with Crippen molar-refractivity contribution in [1.82, 2.24) is 19.3 Å². The SMILES string of the molecule is Cc1cccc(-n2nc(C(C)(C)C)cc2NC(=O)Cn2cnc3c(oc4ccccc43)c2=O)c1. The average Bonchev–Trinajstić information content (AvgIpc) is 3.38. The van der Waals surface area contributed by atoms with E-state index in [1.165, 1.54) is 10.9 Å². The van der Waals surface area contributed by atoms with E-state index in [0.29, 0.717) is 16.9 Å². The van der Waals surface area contributed by atoms with Crippen LogP contribution in [0.5, 0.6) is 0 Å². The molecular weight excluding hydrogens is 430 g/mol. The van der Waals surface area contributed by atoms with Crippen LogP contribution in [0.25, 0.3) is 27.8 Å². The van der Waals surface area contributed by atoms with Crippen LogP contribution in [-0.2, 0) is 16.8 Å². The van der Waals surface area contributed by atoms with Crippen molar-refractivity contribution in [2.75, 3.05) is 5.32 Å². The van der Waals surface area contributed by atoms with Crippen molar-refractivity contribution in [3.8, 4) is 5.69 Å². The Morgan fingerprint density at radius 2 is 1.88 bits per heavy atom. The number of anilines is 1. The highest BCUT2D eigenvalue weighted by Crippen LogP contribution is 2.27. The number of nitrogens with one attached hydrogen (secondary N) is 1. The Bertz CT molecular complexity index is 1600. The molecule has 0 aliphatic heterocycles. The number of benzene rings is 2. The minimum Gasteiger partial charge on any atom is -0.448 e. The lowest BCUT2D eigenvalue weighted by atomic mass is 9.92. The Balaban J connectivity index is 1.47. The lowest BCUT2D eigenvalue weighted by Gasteiger charge is -2.14. The molecule has 0 radical (unpaired) electrons. The molecule has 0 bridgehead atoms. The minimum absolute atomic E-state index is 0.135. The van der Waals surface area contributed by atoms with Crippen LogP contribution in [0.3, 0.4) is 0 Å². The van der Waals surface area contributed by atoms with Crippen LogP contribution in [0.2, 0.25) is 0 Å². The van der Waals surface area contributed by atoms with Gasteiger partial charge in [0.1, 0.15) is 23.5 Å². The fourth-order valence-corrected chi connectivity index (χ4v) is 3.86. The molecule has 3 heterocycles. The topological polar surface area (TPSA) is 95.0 Å². The number of aryl methyl sites for hydroxylation is 1. The first kappa shape index (κ1) is 21.6. The van der Waals surface area contributed by atoms with Crippen LogP contribution in [0, 0.1) is 6.92 Å². The van der Waals surface area contributed by atoms with Gasteiger partial charge >= 0.3 is 0 Å². The van der Waals surface area contributed by atoms with Gasteiger partial charge in [-0.05, 0) is 36.8 Å². The Morgan fingerprint density at radius 3 is 2.65 bits per heavy atom. The van der Waals surface area contributed by atoms with Crippen molar-refractivity contribution in [1.29, 1.82) is 0 Å². The van der Waals surface area contributed by atoms with E-state index in [1.807, 2.05) is 55.5 Å². The number of hydrogen-bond acceptors (Lipinski definition) is 5. The molecule has 1 amide bonds. The van der Waals surface area contributed by atoms with E-state index in [2.05, 4.69) is 31.1 Å². The molecule has 5 rings (SSSR count). The van der Waals surface area contributed by atoms with E-state index in [1.54, 1.807) is 10.7 Å². The number of amides is 1. The zero-order valence-electron chi connectivity index (χ0n) is 19.5. The predicted octanol–water partition coefficient (Wildman–Crippen LogP) is 4.57. The third-order valence-electron chi connectivity index (χ3n) is 5.66. The summed E-state index contributed by atoms with van der Waals surface area (Å²) in [7, 11) is 0. The smallest absolute Gasteiger partial charge is 0.297 e. The van der Waals surface area contributed by atoms with Crippen molar-refractivity contribution in [2.45, 2.75) is 39.7 Å². The summed E-state index contributed by atoms with van der Waals surface area (Å²) in [5.41, 5.74) is 3.36. The van der Waals surface area contributed by atoms with E-state index in [9.17, 15) is 9.59 Å². The molecule has 0 saturated heterocycles. The molecule has 2 aromatic carbocycles. The molecule has 0 aliphatic carbocycles. The normalized spacial score (nSPS) is 11.9. The zero-order valence-corrected chi connectivity index (χ0v) is 19.5. The molecule has 8 heteroatoms. The summed E-state index contributed by atoms with van der Waals surface area (Å²) in [4.78, 5) is 30.3. The number of para-hydroxylation sites is 1. The highest BCUT2D eigenvalue weighted by Gasteiger charge is 2.22. The largest absolute Gasteiger partial charge is 0.448 e. The highest BCUT2D eigenvalue weighted by molar-refractivity contribution is 6.01. The monoisotopic (exact) mass is 455 g/mol. The molecule has 5 aromatic rings. The van der Waals surface area contributed by atoms with Crippen molar-refractivity contribution in [2.24, 2.45) is 0 Å². The van der Waals surface area contributed by atoms with Crippen LogP contribution in [0.15, 0.2) is 70.1 Å². The summed E-state index contributed by atoms with van der Waals surface area (Å²) >= 11 is 0. The third-order valence-corrected chi connectivity index (χ3v) is 5.66. The second-order valence-corrected chi connectivity index (χ2v) is 9.42. The van der Waals surface area contributed by atoms with Crippen molar-refractivity contribution in [3.05, 3.63) is 82.5 Å². The Labute approximate surface area is 195 Å². The highest BCUT2D eigenvalue weighted by atomic mass is 16.3. The number of furan rings is 1. The predicted molar refractivity (Wildman–Crippen MR) is 131 cm³/mol. The summed E-state index contributed by atoms with van der Waals surface area (Å²) in [5, 5.41) is 8.42. The van der Waals surface area contributed by atoms with Gasteiger partial charge in [0, 0.05) is 16.9 Å². The molecule has 0 atom stereocenters. The summed E-state index contributed by atoms with van der Waals surface area (Å²) in [6.07, 6.45) is 1.38. The van der Waals surface area contributed by atoms with Gasteiger partial charge in [0.2, 0.25) is 11.5 Å². The first-order valence-electron chi connectivity index (χ1n) is 11.0. The Morgan fingerprint density at radius 1 is 1.09 bits per heavy atom. The van der Waals surface area contributed by atoms with Crippen LogP contribution in [-0.4, -0.2) is 25.2 Å². The van der Waals surface area contributed by atoms with Crippen LogP contribution < -0.4 is 10.9 Å². The quantitative estimate of drug-likeness (QED) is 0.428. The van der Waals surface area contributed by atoms with Crippen molar-refractivity contribution in [3.63, 3.8) is 0 Å². The van der Waals surface area contributed by atoms with Gasteiger partial charge in [-0.3, -0.25) is 14.2 Å². The van der Waals surface area contributed by atoms with Gasteiger partial charge in [-0.25, -0.2) is 9.67 Å². The lowest BCUT2D eigenvalue weighted by Crippen LogP contribution is -2.28. The molecule has 0 saturated carbocycles. The maximum atomic E-state index is 13.0. The summed E-state index contributed by atoms with van der Waals surface area (Å²) < 4.78 is 8.68. The lowest BCUT2D eigenvalue weighted by molar-refractivity contribution is -0.116. The number of aromatic nitrogens is 4. The van der Waals surface area contributed by atoms with Gasteiger partial charge in [0.15, 0.2) is 0 Å². The second kappa shape index (κ2) is 7.98. The molecule has 8 nitrogen and oxygen atoms in total. The van der Waals surface area contributed by atoms with Gasteiger partial charge in [-0.15, -0.1) is 0 Å². The first-order chi connectivity index (χ1) is 16.2. The van der Waals surface area contributed by atoms with Crippen LogP contribution in [0.1, 0.15) is 32.0 Å². The maximum absolute atomic E-state index is 13.0. The standard InChI is InChI=1S/C26H25N5O3/c1-16-8-7-9-17(12-16)31-21(13-20(29-31)26(2,3)4)28-22(32)14-30-15-27-23-18-10-5-6-11-19(18)34-24(23)25(30)33/h5-13,15H,14H2,1-4H3,(H,28,32). The fourth-order valence-electron chi connectivity index (χ4n) is 3.86. The van der Waals surface area contributed by atoms with Gasteiger partial charge in [0.25, 0.3) is 5.56 Å². The van der Waals surface area contributed by atoms with E-state index in [4.69, 9.17) is 9.52 Å². The van der Waals surface area contributed by atoms with E-state index in [-0.39, 0.29) is 23.4 Å². The molecule has 0 aliphatic rings. The Hall–Kier alpha value is -4.20. The van der Waals surface area contributed by atoms with Crippen LogP contribution >= 0.6 is 0 Å². The number of nitrogens with zero attached hydrogens (tertiary/aromatic N) is 4. The number of rotatable bonds is 4. The molecule has 0 spiro atoms. The van der Waals surface area contributed by atoms with E-state index >= 15 is 0 Å². The van der Waals surface area contributed by atoms with Crippen molar-refractivity contribution < 1.29 is 9.21 Å². The number of fused-ring (bicyclic) bond motifs is 3. The van der Waals surface area contributed by atoms with Gasteiger partial charge in [-0.1, -0.05) is 45.0 Å². The number of carbonyl (C=O) groups excluding carboxylic acids is 1. The van der Waals surface area contributed by atoms with Gasteiger partial charge in [0.05, 0.1) is 17.7 Å². The molecule has 3 aromatic heterocycles. The zero-order chi connectivity index (χ0) is 24.0. The summed E-state index contributed by atoms with van der Waals surface area (Å²) in [6.45, 7) is 7.99. The fraction of sp³-hybridized carbons (Fsp3) is 0.231.